The number of morpholine rings is 1. The van der Waals surface area contributed by atoms with Crippen molar-refractivity contribution in [1.82, 2.24) is 4.90 Å². The van der Waals surface area contributed by atoms with E-state index in [4.69, 9.17) is 22.1 Å². The fraction of sp³-hybridized carbons (Fsp3) is 0.636. The molecule has 1 fully saturated rings. The van der Waals surface area contributed by atoms with Gasteiger partial charge in [-0.05, 0) is 12.1 Å². The topological polar surface area (TPSA) is 38.5 Å². The van der Waals surface area contributed by atoms with Crippen molar-refractivity contribution in [2.24, 2.45) is 5.73 Å². The molecule has 5 heteroatoms. The van der Waals surface area contributed by atoms with E-state index in [1.54, 1.807) is 11.3 Å². The largest absolute Gasteiger partial charge is 0.379 e. The summed E-state index contributed by atoms with van der Waals surface area (Å²) in [5, 5.41) is 0. The standard InChI is InChI=1S/C11H17ClN2OS/c12-11-2-1-10(16-11)9(7-13)8-14-3-5-15-6-4-14/h1-2,9H,3-8,13H2. The van der Waals surface area contributed by atoms with Crippen LogP contribution in [0.3, 0.4) is 0 Å². The molecule has 0 radical (unpaired) electrons. The molecule has 1 unspecified atom stereocenters. The van der Waals surface area contributed by atoms with Gasteiger partial charge in [0, 0.05) is 37.0 Å². The molecule has 0 saturated carbocycles. The number of hydrogen-bond acceptors (Lipinski definition) is 4. The molecule has 0 aliphatic carbocycles. The molecule has 1 aliphatic heterocycles. The van der Waals surface area contributed by atoms with Crippen LogP contribution in [-0.2, 0) is 4.74 Å². The lowest BCUT2D eigenvalue weighted by molar-refractivity contribution is 0.0355. The number of thiophene rings is 1. The zero-order chi connectivity index (χ0) is 11.4. The lowest BCUT2D eigenvalue weighted by Gasteiger charge is -2.29. The maximum atomic E-state index is 5.95. The molecule has 2 heterocycles. The van der Waals surface area contributed by atoms with Gasteiger partial charge in [-0.25, -0.2) is 0 Å². The number of nitrogens with two attached hydrogens (primary N) is 1. The molecule has 1 aliphatic rings. The lowest BCUT2D eigenvalue weighted by atomic mass is 10.1. The summed E-state index contributed by atoms with van der Waals surface area (Å²) in [6.45, 7) is 5.38. The van der Waals surface area contributed by atoms with Gasteiger partial charge >= 0.3 is 0 Å². The van der Waals surface area contributed by atoms with E-state index in [9.17, 15) is 0 Å². The van der Waals surface area contributed by atoms with Crippen LogP contribution in [0.15, 0.2) is 12.1 Å². The fourth-order valence-electron chi connectivity index (χ4n) is 1.92. The summed E-state index contributed by atoms with van der Waals surface area (Å²) in [5.41, 5.74) is 5.84. The Morgan fingerprint density at radius 1 is 1.44 bits per heavy atom. The minimum atomic E-state index is 0.399. The summed E-state index contributed by atoms with van der Waals surface area (Å²) in [7, 11) is 0. The third-order valence-electron chi connectivity index (χ3n) is 2.86. The summed E-state index contributed by atoms with van der Waals surface area (Å²) >= 11 is 7.58. The summed E-state index contributed by atoms with van der Waals surface area (Å²) in [6, 6.07) is 4.04. The normalized spacial score (nSPS) is 19.9. The van der Waals surface area contributed by atoms with Gasteiger partial charge in [-0.3, -0.25) is 4.90 Å². The second kappa shape index (κ2) is 5.98. The van der Waals surface area contributed by atoms with Crippen molar-refractivity contribution in [2.75, 3.05) is 39.4 Å². The van der Waals surface area contributed by atoms with Gasteiger partial charge in [0.25, 0.3) is 0 Å². The van der Waals surface area contributed by atoms with Crippen molar-refractivity contribution in [3.05, 3.63) is 21.3 Å². The van der Waals surface area contributed by atoms with Crippen molar-refractivity contribution in [1.29, 1.82) is 0 Å². The quantitative estimate of drug-likeness (QED) is 0.897. The number of hydrogen-bond donors (Lipinski definition) is 1. The molecule has 0 amide bonds. The predicted molar refractivity (Wildman–Crippen MR) is 68.4 cm³/mol. The zero-order valence-electron chi connectivity index (χ0n) is 9.19. The molecule has 1 saturated heterocycles. The maximum Gasteiger partial charge on any atom is 0.0931 e. The van der Waals surface area contributed by atoms with Gasteiger partial charge in [0.15, 0.2) is 0 Å². The molecule has 16 heavy (non-hydrogen) atoms. The second-order valence-electron chi connectivity index (χ2n) is 3.99. The van der Waals surface area contributed by atoms with Crippen LogP contribution in [0.4, 0.5) is 0 Å². The highest BCUT2D eigenvalue weighted by atomic mass is 35.5. The van der Waals surface area contributed by atoms with Gasteiger partial charge in [-0.2, -0.15) is 0 Å². The van der Waals surface area contributed by atoms with E-state index in [2.05, 4.69) is 11.0 Å². The van der Waals surface area contributed by atoms with E-state index in [1.807, 2.05) is 6.07 Å². The van der Waals surface area contributed by atoms with Gasteiger partial charge in [0.05, 0.1) is 17.6 Å². The number of ether oxygens (including phenoxy) is 1. The Hall–Kier alpha value is -0.130. The molecule has 1 atom stereocenters. The van der Waals surface area contributed by atoms with Crippen LogP contribution in [0.1, 0.15) is 10.8 Å². The van der Waals surface area contributed by atoms with E-state index < -0.39 is 0 Å². The van der Waals surface area contributed by atoms with Crippen LogP contribution in [0.2, 0.25) is 4.34 Å². The summed E-state index contributed by atoms with van der Waals surface area (Å²) in [5.74, 6) is 0.399. The smallest absolute Gasteiger partial charge is 0.0931 e. The molecule has 3 nitrogen and oxygen atoms in total. The maximum absolute atomic E-state index is 5.95. The van der Waals surface area contributed by atoms with Crippen molar-refractivity contribution in [2.45, 2.75) is 5.92 Å². The van der Waals surface area contributed by atoms with Gasteiger partial charge in [-0.1, -0.05) is 11.6 Å². The van der Waals surface area contributed by atoms with Crippen LogP contribution in [-0.4, -0.2) is 44.3 Å². The van der Waals surface area contributed by atoms with Gasteiger partial charge in [0.1, 0.15) is 0 Å². The van der Waals surface area contributed by atoms with E-state index in [0.717, 1.165) is 37.2 Å². The summed E-state index contributed by atoms with van der Waals surface area (Å²) in [6.07, 6.45) is 0. The van der Waals surface area contributed by atoms with E-state index in [-0.39, 0.29) is 0 Å². The molecule has 2 N–H and O–H groups in total. The molecular formula is C11H17ClN2OS. The Morgan fingerprint density at radius 3 is 2.75 bits per heavy atom. The molecule has 2 rings (SSSR count). The molecule has 1 aromatic heterocycles. The van der Waals surface area contributed by atoms with Crippen molar-refractivity contribution in [3.8, 4) is 0 Å². The number of halogens is 1. The molecule has 1 aromatic rings. The van der Waals surface area contributed by atoms with Crippen LogP contribution in [0, 0.1) is 0 Å². The van der Waals surface area contributed by atoms with Gasteiger partial charge < -0.3 is 10.5 Å². The highest BCUT2D eigenvalue weighted by Crippen LogP contribution is 2.28. The average Bonchev–Trinajstić information content (AvgIpc) is 2.74. The first kappa shape index (κ1) is 12.3. The summed E-state index contributed by atoms with van der Waals surface area (Å²) in [4.78, 5) is 3.70. The third-order valence-corrected chi connectivity index (χ3v) is 4.26. The van der Waals surface area contributed by atoms with E-state index in [0.29, 0.717) is 12.5 Å². The van der Waals surface area contributed by atoms with Crippen LogP contribution < -0.4 is 5.73 Å². The Kier molecular flexibility index (Phi) is 4.61. The highest BCUT2D eigenvalue weighted by molar-refractivity contribution is 7.16. The molecule has 0 aromatic carbocycles. The Morgan fingerprint density at radius 2 is 2.19 bits per heavy atom. The van der Waals surface area contributed by atoms with Crippen molar-refractivity contribution in [3.63, 3.8) is 0 Å². The zero-order valence-corrected chi connectivity index (χ0v) is 10.8. The van der Waals surface area contributed by atoms with Crippen LogP contribution >= 0.6 is 22.9 Å². The first-order chi connectivity index (χ1) is 7.79. The minimum Gasteiger partial charge on any atom is -0.379 e. The summed E-state index contributed by atoms with van der Waals surface area (Å²) < 4.78 is 6.18. The average molecular weight is 261 g/mol. The van der Waals surface area contributed by atoms with Gasteiger partial charge in [-0.15, -0.1) is 11.3 Å². The molecule has 90 valence electrons. The molecule has 0 spiro atoms. The highest BCUT2D eigenvalue weighted by Gasteiger charge is 2.18. The lowest BCUT2D eigenvalue weighted by Crippen LogP contribution is -2.40. The molecular weight excluding hydrogens is 244 g/mol. The fourth-order valence-corrected chi connectivity index (χ4v) is 3.09. The Labute approximate surface area is 105 Å². The SMILES string of the molecule is NCC(CN1CCOCC1)c1ccc(Cl)s1. The minimum absolute atomic E-state index is 0.399. The first-order valence-electron chi connectivity index (χ1n) is 5.55. The van der Waals surface area contributed by atoms with E-state index >= 15 is 0 Å². The van der Waals surface area contributed by atoms with Gasteiger partial charge in [0.2, 0.25) is 0 Å². The monoisotopic (exact) mass is 260 g/mol. The second-order valence-corrected chi connectivity index (χ2v) is 5.73. The first-order valence-corrected chi connectivity index (χ1v) is 6.74. The Bertz CT molecular complexity index is 326. The number of rotatable bonds is 4. The number of nitrogens with zero attached hydrogens (tertiary/aromatic N) is 1. The Balaban J connectivity index is 1.94. The van der Waals surface area contributed by atoms with Crippen molar-refractivity contribution >= 4 is 22.9 Å². The predicted octanol–water partition coefficient (Wildman–Crippen LogP) is 1.78. The van der Waals surface area contributed by atoms with Crippen LogP contribution in [0.5, 0.6) is 0 Å². The van der Waals surface area contributed by atoms with E-state index in [1.165, 1.54) is 4.88 Å². The van der Waals surface area contributed by atoms with Crippen molar-refractivity contribution < 1.29 is 4.74 Å². The van der Waals surface area contributed by atoms with Crippen LogP contribution in [0.25, 0.3) is 0 Å². The third kappa shape index (κ3) is 3.18. The molecule has 0 bridgehead atoms.